The summed E-state index contributed by atoms with van der Waals surface area (Å²) in [5.41, 5.74) is 0. The van der Waals surface area contributed by atoms with Crippen molar-refractivity contribution >= 4 is 12.4 Å². The van der Waals surface area contributed by atoms with Gasteiger partial charge in [-0.05, 0) is 32.1 Å². The second-order valence-corrected chi connectivity index (χ2v) is 6.65. The Hall–Kier alpha value is -1.06. The molecule has 0 aromatic carbocycles. The zero-order chi connectivity index (χ0) is 17.9. The number of carbonyl (C=O) groups is 2. The molecule has 0 heterocycles. The average molecular weight is 343 g/mol. The summed E-state index contributed by atoms with van der Waals surface area (Å²) in [4.78, 5) is 21.6. The highest BCUT2D eigenvalue weighted by atomic mass is 16.5. The lowest BCUT2D eigenvalue weighted by Gasteiger charge is -2.15. The van der Waals surface area contributed by atoms with Crippen LogP contribution in [0.4, 0.5) is 0 Å². The number of esters is 1. The predicted molar refractivity (Wildman–Crippen MR) is 97.9 cm³/mol. The van der Waals surface area contributed by atoms with Gasteiger partial charge in [0, 0.05) is 6.42 Å². The van der Waals surface area contributed by atoms with Gasteiger partial charge in [0.15, 0.2) is 0 Å². The van der Waals surface area contributed by atoms with E-state index in [0.717, 1.165) is 44.9 Å². The van der Waals surface area contributed by atoms with Crippen LogP contribution in [-0.4, -0.2) is 25.7 Å². The Morgan fingerprint density at radius 2 is 1.33 bits per heavy atom. The second-order valence-electron chi connectivity index (χ2n) is 6.65. The molecule has 24 heavy (non-hydrogen) atoms. The van der Waals surface area contributed by atoms with Crippen LogP contribution in [0.1, 0.15) is 103 Å². The van der Waals surface area contributed by atoms with Crippen LogP contribution in [0.15, 0.2) is 0 Å². The number of hydrogen-bond acceptors (Lipinski definition) is 4. The van der Waals surface area contributed by atoms with Gasteiger partial charge in [-0.1, -0.05) is 64.7 Å². The van der Waals surface area contributed by atoms with Crippen LogP contribution in [0.3, 0.4) is 0 Å². The van der Waals surface area contributed by atoms with E-state index in [1.54, 1.807) is 0 Å². The lowest BCUT2D eigenvalue weighted by atomic mass is 10.0. The number of ether oxygens (including phenoxy) is 2. The summed E-state index contributed by atoms with van der Waals surface area (Å²) in [6, 6.07) is 0. The van der Waals surface area contributed by atoms with Gasteiger partial charge in [-0.15, -0.1) is 0 Å². The topological polar surface area (TPSA) is 52.6 Å². The summed E-state index contributed by atoms with van der Waals surface area (Å²) in [5, 5.41) is 0. The lowest BCUT2D eigenvalue weighted by molar-refractivity contribution is -0.140. The Morgan fingerprint density at radius 1 is 0.833 bits per heavy atom. The average Bonchev–Trinajstić information content (AvgIpc) is 2.59. The van der Waals surface area contributed by atoms with Crippen LogP contribution in [-0.2, 0) is 19.1 Å². The highest BCUT2D eigenvalue weighted by Gasteiger charge is 2.08. The summed E-state index contributed by atoms with van der Waals surface area (Å²) in [5.74, 6) is -0.112. The quantitative estimate of drug-likeness (QED) is 0.185. The molecule has 1 atom stereocenters. The lowest BCUT2D eigenvalue weighted by Crippen LogP contribution is -2.12. The largest absolute Gasteiger partial charge is 0.469 e. The molecule has 0 fully saturated rings. The Bertz CT molecular complexity index is 291. The third kappa shape index (κ3) is 15.8. The summed E-state index contributed by atoms with van der Waals surface area (Å²) >= 11 is 0. The SMILES string of the molecule is CCCCCCCCC(CCCCCCCCC(=O)OC)OC=O. The fourth-order valence-corrected chi connectivity index (χ4v) is 2.96. The van der Waals surface area contributed by atoms with Crippen molar-refractivity contribution in [3.05, 3.63) is 0 Å². The van der Waals surface area contributed by atoms with E-state index in [-0.39, 0.29) is 12.1 Å². The monoisotopic (exact) mass is 342 g/mol. The molecular weight excluding hydrogens is 304 g/mol. The molecule has 0 radical (unpaired) electrons. The van der Waals surface area contributed by atoms with Gasteiger partial charge < -0.3 is 9.47 Å². The van der Waals surface area contributed by atoms with Crippen LogP contribution in [0.2, 0.25) is 0 Å². The summed E-state index contributed by atoms with van der Waals surface area (Å²) in [7, 11) is 1.44. The van der Waals surface area contributed by atoms with Crippen molar-refractivity contribution in [1.82, 2.24) is 0 Å². The Kier molecular flexibility index (Phi) is 17.5. The molecule has 0 aliphatic carbocycles. The molecule has 4 heteroatoms. The zero-order valence-electron chi connectivity index (χ0n) is 15.9. The van der Waals surface area contributed by atoms with Crippen molar-refractivity contribution < 1.29 is 19.1 Å². The number of rotatable bonds is 18. The standard InChI is InChI=1S/C20H38O4/c1-3-4-5-6-9-12-15-19(24-18-21)16-13-10-7-8-11-14-17-20(22)23-2/h18-19H,3-17H2,1-2H3. The van der Waals surface area contributed by atoms with Crippen molar-refractivity contribution in [1.29, 1.82) is 0 Å². The Morgan fingerprint density at radius 3 is 1.83 bits per heavy atom. The minimum atomic E-state index is -0.112. The molecule has 0 aromatic heterocycles. The molecule has 0 saturated carbocycles. The van der Waals surface area contributed by atoms with Crippen LogP contribution in [0.25, 0.3) is 0 Å². The number of unbranched alkanes of at least 4 members (excludes halogenated alkanes) is 10. The molecule has 0 amide bonds. The van der Waals surface area contributed by atoms with E-state index in [1.165, 1.54) is 52.1 Å². The molecule has 0 rings (SSSR count). The molecule has 0 N–H and O–H groups in total. The molecule has 0 saturated heterocycles. The molecule has 0 spiro atoms. The highest BCUT2D eigenvalue weighted by molar-refractivity contribution is 5.68. The first-order valence-electron chi connectivity index (χ1n) is 9.90. The van der Waals surface area contributed by atoms with Gasteiger partial charge >= 0.3 is 5.97 Å². The van der Waals surface area contributed by atoms with Gasteiger partial charge in [-0.2, -0.15) is 0 Å². The van der Waals surface area contributed by atoms with E-state index in [4.69, 9.17) is 4.74 Å². The molecule has 0 aliphatic heterocycles. The van der Waals surface area contributed by atoms with Crippen LogP contribution >= 0.6 is 0 Å². The third-order valence-electron chi connectivity index (χ3n) is 4.51. The smallest absolute Gasteiger partial charge is 0.305 e. The normalized spacial score (nSPS) is 11.9. The van der Waals surface area contributed by atoms with E-state index in [1.807, 2.05) is 0 Å². The summed E-state index contributed by atoms with van der Waals surface area (Å²) < 4.78 is 9.84. The van der Waals surface area contributed by atoms with Crippen molar-refractivity contribution in [2.24, 2.45) is 0 Å². The van der Waals surface area contributed by atoms with E-state index in [9.17, 15) is 9.59 Å². The number of carbonyl (C=O) groups excluding carboxylic acids is 2. The van der Waals surface area contributed by atoms with Crippen LogP contribution in [0, 0.1) is 0 Å². The van der Waals surface area contributed by atoms with Gasteiger partial charge in [0.25, 0.3) is 6.47 Å². The molecule has 4 nitrogen and oxygen atoms in total. The third-order valence-corrected chi connectivity index (χ3v) is 4.51. The minimum Gasteiger partial charge on any atom is -0.469 e. The summed E-state index contributed by atoms with van der Waals surface area (Å²) in [6.07, 6.45) is 16.9. The zero-order valence-corrected chi connectivity index (χ0v) is 15.9. The molecular formula is C20H38O4. The minimum absolute atomic E-state index is 0.105. The van der Waals surface area contributed by atoms with Gasteiger partial charge in [0.05, 0.1) is 7.11 Å². The van der Waals surface area contributed by atoms with Gasteiger partial charge in [-0.3, -0.25) is 9.59 Å². The van der Waals surface area contributed by atoms with Gasteiger partial charge in [0.2, 0.25) is 0 Å². The van der Waals surface area contributed by atoms with E-state index >= 15 is 0 Å². The van der Waals surface area contributed by atoms with Crippen molar-refractivity contribution in [3.63, 3.8) is 0 Å². The molecule has 1 unspecified atom stereocenters. The van der Waals surface area contributed by atoms with Crippen molar-refractivity contribution in [2.75, 3.05) is 7.11 Å². The highest BCUT2D eigenvalue weighted by Crippen LogP contribution is 2.16. The first-order chi connectivity index (χ1) is 11.7. The first-order valence-corrected chi connectivity index (χ1v) is 9.90. The molecule has 0 aliphatic rings. The predicted octanol–water partition coefficient (Wildman–Crippen LogP) is 5.57. The molecule has 0 bridgehead atoms. The molecule has 142 valence electrons. The maximum Gasteiger partial charge on any atom is 0.305 e. The van der Waals surface area contributed by atoms with Crippen molar-refractivity contribution in [3.8, 4) is 0 Å². The maximum atomic E-state index is 11.0. The fourth-order valence-electron chi connectivity index (χ4n) is 2.96. The Balaban J connectivity index is 3.49. The van der Waals surface area contributed by atoms with Crippen molar-refractivity contribution in [2.45, 2.75) is 109 Å². The fraction of sp³-hybridized carbons (Fsp3) is 0.900. The van der Waals surface area contributed by atoms with E-state index in [0.29, 0.717) is 12.9 Å². The maximum absolute atomic E-state index is 11.0. The number of methoxy groups -OCH3 is 1. The van der Waals surface area contributed by atoms with Gasteiger partial charge in [0.1, 0.15) is 6.10 Å². The van der Waals surface area contributed by atoms with E-state index < -0.39 is 0 Å². The Labute approximate surface area is 148 Å². The van der Waals surface area contributed by atoms with E-state index in [2.05, 4.69) is 11.7 Å². The second kappa shape index (κ2) is 18.3. The molecule has 0 aromatic rings. The van der Waals surface area contributed by atoms with Crippen LogP contribution < -0.4 is 0 Å². The van der Waals surface area contributed by atoms with Gasteiger partial charge in [-0.25, -0.2) is 0 Å². The summed E-state index contributed by atoms with van der Waals surface area (Å²) in [6.45, 7) is 2.83. The number of hydrogen-bond donors (Lipinski definition) is 0. The first kappa shape index (κ1) is 22.9. The van der Waals surface area contributed by atoms with Crippen LogP contribution in [0.5, 0.6) is 0 Å².